The number of aliphatic hydroxyl groups is 1. The SMILES string of the molecule is CC(=O)OC1CC(=O)N1c1ccc2c(c1)[C@]1(O[C@@H](CCn3cc(C(CO)c4ccccc4)nn3)[C@H]([Si](C)(C)O)[C@H]1C)C(=O)N2C. The number of hydrogen-bond donors (Lipinski definition) is 2. The fraction of sp³-hybridized carbons (Fsp3) is 0.469. The average molecular weight is 634 g/mol. The summed E-state index contributed by atoms with van der Waals surface area (Å²) in [6.45, 7) is 7.31. The molecule has 3 aliphatic heterocycles. The van der Waals surface area contributed by atoms with Crippen LogP contribution in [0.5, 0.6) is 0 Å². The molecule has 12 nitrogen and oxygen atoms in total. The van der Waals surface area contributed by atoms with Gasteiger partial charge in [0.2, 0.25) is 5.91 Å². The van der Waals surface area contributed by atoms with Crippen molar-refractivity contribution in [3.63, 3.8) is 0 Å². The molecule has 0 saturated carbocycles. The van der Waals surface area contributed by atoms with Crippen LogP contribution >= 0.6 is 0 Å². The number of aromatic nitrogens is 3. The van der Waals surface area contributed by atoms with Gasteiger partial charge >= 0.3 is 5.97 Å². The van der Waals surface area contributed by atoms with Gasteiger partial charge in [-0.15, -0.1) is 5.10 Å². The summed E-state index contributed by atoms with van der Waals surface area (Å²) in [5.74, 6) is -1.57. The summed E-state index contributed by atoms with van der Waals surface area (Å²) in [7, 11) is -1.18. The molecule has 3 aromatic rings. The third-order valence-electron chi connectivity index (χ3n) is 9.52. The standard InChI is InChI=1S/C32H39N5O7Si/c1-19-30(45(4,5)42)27(13-14-36-17-25(33-34-36)23(18-38)21-9-7-6-8-10-21)44-32(19)24-15-22(11-12-26(24)35(3)31(32)41)37-28(40)16-29(37)43-20(2)39/h6-12,15,17,19,23,27,29-30,38,42H,13-14,16,18H2,1-5H3/t19-,23?,27+,29?,30-,32+/m1/s1. The summed E-state index contributed by atoms with van der Waals surface area (Å²) in [6.07, 6.45) is 1.21. The highest BCUT2D eigenvalue weighted by Gasteiger charge is 2.65. The number of β-lactam (4-membered cyclic amide) rings is 1. The molecule has 13 heteroatoms. The second-order valence-corrected chi connectivity index (χ2v) is 16.8. The molecule has 3 aliphatic rings. The van der Waals surface area contributed by atoms with Crippen LogP contribution in [0.1, 0.15) is 49.4 Å². The number of anilines is 2. The number of rotatable bonds is 9. The molecule has 6 atom stereocenters. The van der Waals surface area contributed by atoms with E-state index in [9.17, 15) is 24.3 Å². The number of ether oxygens (including phenoxy) is 2. The molecule has 1 aromatic heterocycles. The quantitative estimate of drug-likeness (QED) is 0.206. The Hall–Kier alpha value is -3.91. The van der Waals surface area contributed by atoms with E-state index in [1.54, 1.807) is 34.8 Å². The molecule has 2 fully saturated rings. The molecular formula is C32H39N5O7Si. The molecule has 4 heterocycles. The minimum atomic E-state index is -2.89. The number of fused-ring (bicyclic) bond motifs is 2. The van der Waals surface area contributed by atoms with Crippen LogP contribution < -0.4 is 9.80 Å². The zero-order chi connectivity index (χ0) is 32.3. The first-order chi connectivity index (χ1) is 21.4. The monoisotopic (exact) mass is 633 g/mol. The Morgan fingerprint density at radius 1 is 1.20 bits per heavy atom. The highest BCUT2D eigenvalue weighted by atomic mass is 28.4. The first-order valence-electron chi connectivity index (χ1n) is 15.2. The number of amides is 2. The van der Waals surface area contributed by atoms with Crippen LogP contribution in [-0.2, 0) is 36.0 Å². The van der Waals surface area contributed by atoms with Crippen LogP contribution in [0.2, 0.25) is 18.6 Å². The number of carbonyl (C=O) groups is 3. The van der Waals surface area contributed by atoms with Crippen molar-refractivity contribution in [2.24, 2.45) is 5.92 Å². The maximum Gasteiger partial charge on any atom is 0.304 e. The van der Waals surface area contributed by atoms with E-state index in [0.717, 1.165) is 5.56 Å². The topological polar surface area (TPSA) is 147 Å². The lowest BCUT2D eigenvalue weighted by molar-refractivity contribution is -0.153. The van der Waals surface area contributed by atoms with Gasteiger partial charge in [-0.25, -0.2) is 0 Å². The van der Waals surface area contributed by atoms with Crippen LogP contribution in [0.25, 0.3) is 0 Å². The summed E-state index contributed by atoms with van der Waals surface area (Å²) in [5, 5.41) is 18.7. The van der Waals surface area contributed by atoms with Crippen LogP contribution in [0.15, 0.2) is 54.7 Å². The third kappa shape index (κ3) is 5.17. The van der Waals surface area contributed by atoms with Crippen LogP contribution in [0.4, 0.5) is 11.4 Å². The molecule has 2 N–H and O–H groups in total. The minimum Gasteiger partial charge on any atom is -0.441 e. The molecule has 0 aliphatic carbocycles. The van der Waals surface area contributed by atoms with Crippen LogP contribution in [-0.4, -0.2) is 77.0 Å². The molecule has 0 bridgehead atoms. The molecule has 6 rings (SSSR count). The lowest BCUT2D eigenvalue weighted by atomic mass is 9.82. The summed E-state index contributed by atoms with van der Waals surface area (Å²) in [4.78, 5) is 52.9. The van der Waals surface area contributed by atoms with E-state index < -0.39 is 32.2 Å². The van der Waals surface area contributed by atoms with E-state index in [4.69, 9.17) is 9.47 Å². The van der Waals surface area contributed by atoms with Crippen molar-refractivity contribution in [1.82, 2.24) is 15.0 Å². The van der Waals surface area contributed by atoms with Crippen molar-refractivity contribution >= 4 is 37.5 Å². The predicted octanol–water partition coefficient (Wildman–Crippen LogP) is 2.89. The Bertz CT molecular complexity index is 1630. The first-order valence-corrected chi connectivity index (χ1v) is 18.3. The van der Waals surface area contributed by atoms with Gasteiger partial charge in [0.1, 0.15) is 0 Å². The maximum absolute atomic E-state index is 14.1. The Labute approximate surface area is 262 Å². The fourth-order valence-electron chi connectivity index (χ4n) is 7.47. The molecule has 2 unspecified atom stereocenters. The summed E-state index contributed by atoms with van der Waals surface area (Å²) in [5.41, 5.74) is 1.75. The van der Waals surface area contributed by atoms with Crippen LogP contribution in [0, 0.1) is 5.92 Å². The molecule has 0 radical (unpaired) electrons. The van der Waals surface area contributed by atoms with E-state index in [1.807, 2.05) is 56.5 Å². The van der Waals surface area contributed by atoms with Crippen molar-refractivity contribution in [3.8, 4) is 0 Å². The van der Waals surface area contributed by atoms with Gasteiger partial charge < -0.3 is 24.3 Å². The maximum atomic E-state index is 14.1. The van der Waals surface area contributed by atoms with Crippen LogP contribution in [0.3, 0.4) is 0 Å². The Balaban J connectivity index is 1.29. The van der Waals surface area contributed by atoms with E-state index >= 15 is 0 Å². The van der Waals surface area contributed by atoms with Gasteiger partial charge in [0.05, 0.1) is 36.4 Å². The summed E-state index contributed by atoms with van der Waals surface area (Å²) < 4.78 is 13.9. The van der Waals surface area contributed by atoms with Crippen molar-refractivity contribution < 1.29 is 33.8 Å². The summed E-state index contributed by atoms with van der Waals surface area (Å²) in [6, 6.07) is 15.0. The lowest BCUT2D eigenvalue weighted by Crippen LogP contribution is -2.55. The largest absolute Gasteiger partial charge is 0.441 e. The smallest absolute Gasteiger partial charge is 0.304 e. The number of nitrogens with zero attached hydrogens (tertiary/aromatic N) is 5. The van der Waals surface area contributed by atoms with Crippen molar-refractivity contribution in [2.75, 3.05) is 23.5 Å². The molecule has 2 amide bonds. The predicted molar refractivity (Wildman–Crippen MR) is 167 cm³/mol. The zero-order valence-corrected chi connectivity index (χ0v) is 27.1. The zero-order valence-electron chi connectivity index (χ0n) is 26.1. The van der Waals surface area contributed by atoms with E-state index in [-0.39, 0.29) is 42.2 Å². The van der Waals surface area contributed by atoms with Gasteiger partial charge in [-0.3, -0.25) is 24.0 Å². The fourth-order valence-corrected chi connectivity index (χ4v) is 10.1. The van der Waals surface area contributed by atoms with E-state index in [1.165, 1.54) is 11.8 Å². The van der Waals surface area contributed by atoms with Gasteiger partial charge in [0.25, 0.3) is 5.91 Å². The number of benzene rings is 2. The van der Waals surface area contributed by atoms with Gasteiger partial charge in [0, 0.05) is 49.4 Å². The van der Waals surface area contributed by atoms with Crippen molar-refractivity contribution in [3.05, 3.63) is 71.5 Å². The molecule has 2 saturated heterocycles. The molecule has 45 heavy (non-hydrogen) atoms. The van der Waals surface area contributed by atoms with Crippen molar-refractivity contribution in [1.29, 1.82) is 0 Å². The minimum absolute atomic E-state index is 0.0936. The van der Waals surface area contributed by atoms with E-state index in [2.05, 4.69) is 10.3 Å². The highest BCUT2D eigenvalue weighted by Crippen LogP contribution is 2.60. The van der Waals surface area contributed by atoms with Gasteiger partial charge in [-0.1, -0.05) is 42.5 Å². The average Bonchev–Trinajstić information content (AvgIpc) is 3.63. The second-order valence-electron chi connectivity index (χ2n) is 12.8. The lowest BCUT2D eigenvalue weighted by Gasteiger charge is -2.39. The number of carbonyl (C=O) groups excluding carboxylic acids is 3. The number of aryl methyl sites for hydroxylation is 1. The second kappa shape index (κ2) is 11.5. The van der Waals surface area contributed by atoms with E-state index in [0.29, 0.717) is 35.6 Å². The van der Waals surface area contributed by atoms with Gasteiger partial charge in [-0.2, -0.15) is 0 Å². The van der Waals surface area contributed by atoms with Gasteiger partial charge in [-0.05, 0) is 43.3 Å². The number of hydrogen-bond acceptors (Lipinski definition) is 9. The number of aliphatic hydroxyl groups excluding tert-OH is 1. The van der Waals surface area contributed by atoms with Crippen molar-refractivity contribution in [2.45, 2.75) is 75.7 Å². The highest BCUT2D eigenvalue weighted by molar-refractivity contribution is 6.71. The summed E-state index contributed by atoms with van der Waals surface area (Å²) >= 11 is 0. The normalized spacial score (nSPS) is 26.7. The Morgan fingerprint density at radius 3 is 2.58 bits per heavy atom. The number of likely N-dealkylation sites (N-methyl/N-ethyl adjacent to an activating group) is 1. The number of esters is 1. The molecular weight excluding hydrogens is 594 g/mol. The molecule has 1 spiro atoms. The molecule has 2 aromatic carbocycles. The molecule has 238 valence electrons. The van der Waals surface area contributed by atoms with Gasteiger partial charge in [0.15, 0.2) is 20.1 Å². The Kier molecular flexibility index (Phi) is 7.92. The first kappa shape index (κ1) is 31.1. The third-order valence-corrected chi connectivity index (χ3v) is 12.0. The Morgan fingerprint density at radius 2 is 1.93 bits per heavy atom.